The lowest BCUT2D eigenvalue weighted by Gasteiger charge is -2.06. The van der Waals surface area contributed by atoms with Gasteiger partial charge in [0, 0.05) is 12.1 Å². The first kappa shape index (κ1) is 17.6. The van der Waals surface area contributed by atoms with Crippen LogP contribution in [-0.4, -0.2) is 23.9 Å². The molecule has 0 aliphatic carbocycles. The molecule has 0 aliphatic heterocycles. The van der Waals surface area contributed by atoms with E-state index in [-0.39, 0.29) is 11.8 Å². The third kappa shape index (κ3) is 4.07. The maximum Gasteiger partial charge on any atom is 0.321 e. The largest absolute Gasteiger partial charge is 0.497 e. The van der Waals surface area contributed by atoms with E-state index in [1.807, 2.05) is 24.3 Å². The maximum absolute atomic E-state index is 12.1. The van der Waals surface area contributed by atoms with Crippen molar-refractivity contribution in [1.82, 2.24) is 10.3 Å². The molecule has 0 spiro atoms. The smallest absolute Gasteiger partial charge is 0.321 e. The molecule has 1 aromatic heterocycles. The summed E-state index contributed by atoms with van der Waals surface area (Å²) in [5, 5.41) is 5.96. The van der Waals surface area contributed by atoms with Gasteiger partial charge in [0.25, 0.3) is 0 Å². The van der Waals surface area contributed by atoms with Gasteiger partial charge in [-0.05, 0) is 42.0 Å². The second-order valence-corrected chi connectivity index (χ2v) is 6.46. The number of rotatable bonds is 6. The molecule has 0 atom stereocenters. The minimum absolute atomic E-state index is 0.146. The van der Waals surface area contributed by atoms with Gasteiger partial charge in [-0.25, -0.2) is 9.78 Å². The molecule has 2 amide bonds. The van der Waals surface area contributed by atoms with Crippen LogP contribution in [0.2, 0.25) is 0 Å². The van der Waals surface area contributed by atoms with E-state index in [1.54, 1.807) is 25.3 Å². The standard InChI is InChI=1S/C19H17N3O3S/c1-3-16(23)13-6-9-15-17(10-13)26-19(21-15)22-18(24)20-11-12-4-7-14(25-2)8-5-12/h3-10H,1,11H2,2H3,(H2,20,21,22,24). The third-order valence-corrected chi connectivity index (χ3v) is 4.62. The van der Waals surface area contributed by atoms with Crippen LogP contribution in [0.4, 0.5) is 9.93 Å². The molecule has 1 heterocycles. The number of urea groups is 1. The van der Waals surface area contributed by atoms with Gasteiger partial charge in [-0.3, -0.25) is 10.1 Å². The summed E-state index contributed by atoms with van der Waals surface area (Å²) in [7, 11) is 1.61. The molecule has 3 aromatic rings. The number of carbonyl (C=O) groups excluding carboxylic acids is 2. The highest BCUT2D eigenvalue weighted by atomic mass is 32.1. The average molecular weight is 367 g/mol. The fraction of sp³-hybridized carbons (Fsp3) is 0.105. The number of aromatic nitrogens is 1. The molecule has 0 saturated heterocycles. The molecule has 0 fully saturated rings. The van der Waals surface area contributed by atoms with Crippen molar-refractivity contribution in [3.8, 4) is 5.75 Å². The summed E-state index contributed by atoms with van der Waals surface area (Å²) >= 11 is 1.31. The van der Waals surface area contributed by atoms with Crippen LogP contribution in [0.15, 0.2) is 55.1 Å². The van der Waals surface area contributed by atoms with Crippen LogP contribution in [0.1, 0.15) is 15.9 Å². The van der Waals surface area contributed by atoms with Crippen molar-refractivity contribution in [1.29, 1.82) is 0 Å². The molecule has 26 heavy (non-hydrogen) atoms. The van der Waals surface area contributed by atoms with E-state index in [2.05, 4.69) is 22.2 Å². The molecule has 3 rings (SSSR count). The zero-order chi connectivity index (χ0) is 18.5. The number of anilines is 1. The molecule has 0 radical (unpaired) electrons. The highest BCUT2D eigenvalue weighted by molar-refractivity contribution is 7.22. The van der Waals surface area contributed by atoms with Crippen LogP contribution in [-0.2, 0) is 6.54 Å². The Morgan fingerprint density at radius 2 is 2.00 bits per heavy atom. The lowest BCUT2D eigenvalue weighted by Crippen LogP contribution is -2.28. The van der Waals surface area contributed by atoms with Crippen molar-refractivity contribution in [3.05, 3.63) is 66.2 Å². The quantitative estimate of drug-likeness (QED) is 0.510. The molecule has 132 valence electrons. The van der Waals surface area contributed by atoms with Gasteiger partial charge in [0.1, 0.15) is 5.75 Å². The molecule has 2 N–H and O–H groups in total. The van der Waals surface area contributed by atoms with Gasteiger partial charge < -0.3 is 10.1 Å². The Bertz CT molecular complexity index is 964. The van der Waals surface area contributed by atoms with Gasteiger partial charge in [0.15, 0.2) is 10.9 Å². The van der Waals surface area contributed by atoms with Crippen molar-refractivity contribution < 1.29 is 14.3 Å². The Labute approximate surface area is 154 Å². The first-order valence-corrected chi connectivity index (χ1v) is 8.66. The lowest BCUT2D eigenvalue weighted by molar-refractivity contribution is 0.104. The first-order valence-electron chi connectivity index (χ1n) is 7.84. The SMILES string of the molecule is C=CC(=O)c1ccc2nc(NC(=O)NCc3ccc(OC)cc3)sc2c1. The highest BCUT2D eigenvalue weighted by Crippen LogP contribution is 2.27. The van der Waals surface area contributed by atoms with Crippen LogP contribution < -0.4 is 15.4 Å². The second-order valence-electron chi connectivity index (χ2n) is 5.43. The zero-order valence-electron chi connectivity index (χ0n) is 14.1. The number of fused-ring (bicyclic) bond motifs is 1. The van der Waals surface area contributed by atoms with Crippen LogP contribution in [0.5, 0.6) is 5.75 Å². The predicted octanol–water partition coefficient (Wildman–Crippen LogP) is 4.00. The summed E-state index contributed by atoms with van der Waals surface area (Å²) in [6.45, 7) is 3.87. The average Bonchev–Trinajstić information content (AvgIpc) is 3.07. The number of amides is 2. The van der Waals surface area contributed by atoms with Crippen molar-refractivity contribution in [3.63, 3.8) is 0 Å². The summed E-state index contributed by atoms with van der Waals surface area (Å²) < 4.78 is 5.92. The second kappa shape index (κ2) is 7.79. The van der Waals surface area contributed by atoms with Gasteiger partial charge >= 0.3 is 6.03 Å². The van der Waals surface area contributed by atoms with Gasteiger partial charge in [-0.2, -0.15) is 0 Å². The number of benzene rings is 2. The minimum Gasteiger partial charge on any atom is -0.497 e. The van der Waals surface area contributed by atoms with Crippen molar-refractivity contribution in [2.45, 2.75) is 6.54 Å². The number of thiazole rings is 1. The van der Waals surface area contributed by atoms with E-state index in [9.17, 15) is 9.59 Å². The van der Waals surface area contributed by atoms with Gasteiger partial charge in [0.05, 0.1) is 17.3 Å². The van der Waals surface area contributed by atoms with Crippen LogP contribution in [0, 0.1) is 0 Å². The summed E-state index contributed by atoms with van der Waals surface area (Å²) in [5.74, 6) is 0.619. The highest BCUT2D eigenvalue weighted by Gasteiger charge is 2.10. The van der Waals surface area contributed by atoms with E-state index >= 15 is 0 Å². The van der Waals surface area contributed by atoms with Gasteiger partial charge in [-0.1, -0.05) is 30.0 Å². The number of hydrogen-bond acceptors (Lipinski definition) is 5. The number of methoxy groups -OCH3 is 1. The number of hydrogen-bond donors (Lipinski definition) is 2. The summed E-state index contributed by atoms with van der Waals surface area (Å²) in [4.78, 5) is 28.1. The van der Waals surface area contributed by atoms with E-state index < -0.39 is 0 Å². The van der Waals surface area contributed by atoms with Crippen LogP contribution in [0.3, 0.4) is 0 Å². The predicted molar refractivity (Wildman–Crippen MR) is 103 cm³/mol. The number of carbonyl (C=O) groups is 2. The Balaban J connectivity index is 1.63. The third-order valence-electron chi connectivity index (χ3n) is 3.69. The maximum atomic E-state index is 12.1. The molecule has 0 aliphatic rings. The molecule has 0 bridgehead atoms. The van der Waals surface area contributed by atoms with E-state index in [4.69, 9.17) is 4.74 Å². The molecule has 0 saturated carbocycles. The lowest BCUT2D eigenvalue weighted by atomic mass is 10.1. The number of ketones is 1. The Hall–Kier alpha value is -3.19. The molecule has 0 unspecified atom stereocenters. The summed E-state index contributed by atoms with van der Waals surface area (Å²) in [5.41, 5.74) is 2.23. The molecule has 6 nitrogen and oxygen atoms in total. The van der Waals surface area contributed by atoms with E-state index in [0.717, 1.165) is 21.5 Å². The fourth-order valence-corrected chi connectivity index (χ4v) is 3.22. The monoisotopic (exact) mass is 367 g/mol. The molecule has 7 heteroatoms. The number of allylic oxidation sites excluding steroid dienone is 1. The van der Waals surface area contributed by atoms with Gasteiger partial charge in [-0.15, -0.1) is 0 Å². The topological polar surface area (TPSA) is 80.3 Å². The summed E-state index contributed by atoms with van der Waals surface area (Å²) in [6, 6.07) is 12.3. The number of ether oxygens (including phenoxy) is 1. The molecular weight excluding hydrogens is 350 g/mol. The van der Waals surface area contributed by atoms with Crippen molar-refractivity contribution in [2.24, 2.45) is 0 Å². The minimum atomic E-state index is -0.345. The fourth-order valence-electron chi connectivity index (χ4n) is 2.32. The van der Waals surface area contributed by atoms with Crippen LogP contribution in [0.25, 0.3) is 10.2 Å². The Morgan fingerprint density at radius 1 is 1.23 bits per heavy atom. The Kier molecular flexibility index (Phi) is 5.28. The van der Waals surface area contributed by atoms with Crippen molar-refractivity contribution >= 4 is 38.5 Å². The summed E-state index contributed by atoms with van der Waals surface area (Å²) in [6.07, 6.45) is 1.27. The van der Waals surface area contributed by atoms with Crippen LogP contribution >= 0.6 is 11.3 Å². The van der Waals surface area contributed by atoms with E-state index in [0.29, 0.717) is 17.2 Å². The number of nitrogens with zero attached hydrogens (tertiary/aromatic N) is 1. The Morgan fingerprint density at radius 3 is 2.69 bits per heavy atom. The molecular formula is C19H17N3O3S. The van der Waals surface area contributed by atoms with E-state index in [1.165, 1.54) is 17.4 Å². The first-order chi connectivity index (χ1) is 12.6. The molecule has 2 aromatic carbocycles. The number of nitrogens with one attached hydrogen (secondary N) is 2. The van der Waals surface area contributed by atoms with Crippen molar-refractivity contribution in [2.75, 3.05) is 12.4 Å². The van der Waals surface area contributed by atoms with Gasteiger partial charge in [0.2, 0.25) is 0 Å². The normalized spacial score (nSPS) is 10.3. The zero-order valence-corrected chi connectivity index (χ0v) is 14.9.